The van der Waals surface area contributed by atoms with Crippen LogP contribution in [0.4, 0.5) is 0 Å². The molecule has 3 N–H and O–H groups in total. The lowest BCUT2D eigenvalue weighted by Crippen LogP contribution is -2.18. The Morgan fingerprint density at radius 2 is 1.85 bits per heavy atom. The van der Waals surface area contributed by atoms with Crippen molar-refractivity contribution in [2.75, 3.05) is 0 Å². The number of halogens is 2. The summed E-state index contributed by atoms with van der Waals surface area (Å²) < 4.78 is 2.90. The van der Waals surface area contributed by atoms with Crippen molar-refractivity contribution in [2.24, 2.45) is 5.10 Å². The van der Waals surface area contributed by atoms with E-state index in [-0.39, 0.29) is 17.1 Å². The second-order valence-electron chi connectivity index (χ2n) is 5.30. The van der Waals surface area contributed by atoms with E-state index in [0.29, 0.717) is 8.95 Å². The van der Waals surface area contributed by atoms with E-state index in [4.69, 9.17) is 0 Å². The van der Waals surface area contributed by atoms with E-state index in [1.807, 2.05) is 22.9 Å². The van der Waals surface area contributed by atoms with Crippen LogP contribution in [0.15, 0.2) is 68.8 Å². The highest BCUT2D eigenvalue weighted by Crippen LogP contribution is 2.31. The Hall–Kier alpha value is -2.58. The Bertz CT molecular complexity index is 982. The number of hydrogen-bond donors (Lipinski definition) is 3. The molecule has 1 amide bonds. The predicted molar refractivity (Wildman–Crippen MR) is 106 cm³/mol. The zero-order valence-corrected chi connectivity index (χ0v) is 16.4. The van der Waals surface area contributed by atoms with E-state index < -0.39 is 5.91 Å². The number of carbonyl (C=O) groups is 1. The topological polar surface area (TPSA) is 86.9 Å². The summed E-state index contributed by atoms with van der Waals surface area (Å²) >= 11 is 6.46. The average Bonchev–Trinajstić information content (AvgIpc) is 3.07. The molecule has 0 saturated heterocycles. The third kappa shape index (κ3) is 3.97. The largest absolute Gasteiger partial charge is 0.508 e. The number of nitrogens with zero attached hydrogens (tertiary/aromatic N) is 2. The molecule has 6 nitrogen and oxygen atoms in total. The van der Waals surface area contributed by atoms with Gasteiger partial charge in [-0.2, -0.15) is 5.10 Å². The molecule has 0 saturated carbocycles. The molecule has 8 heteroatoms. The summed E-state index contributed by atoms with van der Waals surface area (Å²) in [6.07, 6.45) is 3.33. The molecule has 0 fully saturated rings. The highest BCUT2D eigenvalue weighted by atomic mass is 79.9. The summed E-state index contributed by atoms with van der Waals surface area (Å²) in [6.45, 7) is 0. The fourth-order valence-electron chi connectivity index (χ4n) is 2.30. The maximum absolute atomic E-state index is 12.2. The molecule has 2 aromatic carbocycles. The average molecular weight is 479 g/mol. The summed E-state index contributed by atoms with van der Waals surface area (Å²) in [5, 5.41) is 23.3. The van der Waals surface area contributed by atoms with Gasteiger partial charge in [-0.1, -0.05) is 15.9 Å². The Morgan fingerprint density at radius 3 is 2.58 bits per heavy atom. The van der Waals surface area contributed by atoms with Gasteiger partial charge in [-0.05, 0) is 64.5 Å². The second-order valence-corrected chi connectivity index (χ2v) is 7.07. The van der Waals surface area contributed by atoms with E-state index in [1.165, 1.54) is 12.3 Å². The summed E-state index contributed by atoms with van der Waals surface area (Å²) in [5.74, 6) is -0.514. The number of amides is 1. The van der Waals surface area contributed by atoms with Gasteiger partial charge in [0.25, 0.3) is 5.91 Å². The maximum atomic E-state index is 12.2. The van der Waals surface area contributed by atoms with Crippen molar-refractivity contribution in [3.05, 3.63) is 74.9 Å². The van der Waals surface area contributed by atoms with Gasteiger partial charge < -0.3 is 14.8 Å². The maximum Gasteiger partial charge on any atom is 0.275 e. The molecule has 0 spiro atoms. The number of nitrogens with one attached hydrogen (secondary N) is 1. The third-order valence-corrected chi connectivity index (χ3v) is 4.61. The van der Waals surface area contributed by atoms with Crippen LogP contribution in [0.5, 0.6) is 11.5 Å². The molecule has 26 heavy (non-hydrogen) atoms. The standard InChI is InChI=1S/C18H13Br2N3O3/c19-11-8-15(17(25)16(20)9-11)18(26)22-21-10-13-2-1-7-23(13)12-3-5-14(24)6-4-12/h1-10,24-25H,(H,22,26)/b21-10-. The quantitative estimate of drug-likeness (QED) is 0.388. The van der Waals surface area contributed by atoms with Crippen LogP contribution in [0.3, 0.4) is 0 Å². The fourth-order valence-corrected chi connectivity index (χ4v) is 3.53. The van der Waals surface area contributed by atoms with Gasteiger partial charge in [0.15, 0.2) is 0 Å². The van der Waals surface area contributed by atoms with Crippen LogP contribution < -0.4 is 5.43 Å². The first-order valence-electron chi connectivity index (χ1n) is 7.44. The minimum absolute atomic E-state index is 0.0947. The molecule has 3 rings (SSSR count). The molecule has 0 aliphatic rings. The lowest BCUT2D eigenvalue weighted by atomic mass is 10.2. The van der Waals surface area contributed by atoms with Crippen LogP contribution in [0.25, 0.3) is 5.69 Å². The molecule has 1 heterocycles. The number of carbonyl (C=O) groups excluding carboxylic acids is 1. The highest BCUT2D eigenvalue weighted by Gasteiger charge is 2.14. The van der Waals surface area contributed by atoms with Gasteiger partial charge >= 0.3 is 0 Å². The van der Waals surface area contributed by atoms with Crippen LogP contribution in [0, 0.1) is 0 Å². The highest BCUT2D eigenvalue weighted by molar-refractivity contribution is 9.11. The van der Waals surface area contributed by atoms with Crippen molar-refractivity contribution in [3.8, 4) is 17.2 Å². The molecule has 0 aliphatic carbocycles. The molecular weight excluding hydrogens is 466 g/mol. The van der Waals surface area contributed by atoms with E-state index >= 15 is 0 Å². The molecular formula is C18H13Br2N3O3. The molecule has 0 aliphatic heterocycles. The normalized spacial score (nSPS) is 11.0. The number of hydrogen-bond acceptors (Lipinski definition) is 4. The van der Waals surface area contributed by atoms with Crippen molar-refractivity contribution < 1.29 is 15.0 Å². The molecule has 1 aromatic heterocycles. The molecule has 3 aromatic rings. The summed E-state index contributed by atoms with van der Waals surface area (Å²) in [5.41, 5.74) is 4.06. The Morgan fingerprint density at radius 1 is 1.12 bits per heavy atom. The van der Waals surface area contributed by atoms with Crippen molar-refractivity contribution in [3.63, 3.8) is 0 Å². The molecule has 0 unspecified atom stereocenters. The van der Waals surface area contributed by atoms with Crippen LogP contribution in [0.2, 0.25) is 0 Å². The number of hydrazone groups is 1. The lowest BCUT2D eigenvalue weighted by molar-refractivity contribution is 0.0952. The van der Waals surface area contributed by atoms with Crippen molar-refractivity contribution >= 4 is 44.0 Å². The van der Waals surface area contributed by atoms with Crippen LogP contribution in [-0.2, 0) is 0 Å². The van der Waals surface area contributed by atoms with Gasteiger partial charge in [-0.25, -0.2) is 5.43 Å². The zero-order valence-electron chi connectivity index (χ0n) is 13.2. The summed E-state index contributed by atoms with van der Waals surface area (Å²) in [6, 6.07) is 13.5. The predicted octanol–water partition coefficient (Wildman–Crippen LogP) is 4.18. The van der Waals surface area contributed by atoms with Crippen molar-refractivity contribution in [2.45, 2.75) is 0 Å². The van der Waals surface area contributed by atoms with E-state index in [9.17, 15) is 15.0 Å². The Kier molecular flexibility index (Phi) is 5.43. The summed E-state index contributed by atoms with van der Waals surface area (Å²) in [7, 11) is 0. The Labute approximate surface area is 166 Å². The smallest absolute Gasteiger partial charge is 0.275 e. The first kappa shape index (κ1) is 18.2. The van der Waals surface area contributed by atoms with E-state index in [1.54, 1.807) is 30.3 Å². The number of aromatic nitrogens is 1. The van der Waals surface area contributed by atoms with Crippen molar-refractivity contribution in [1.29, 1.82) is 0 Å². The van der Waals surface area contributed by atoms with Gasteiger partial charge in [-0.3, -0.25) is 4.79 Å². The van der Waals surface area contributed by atoms with Gasteiger partial charge in [-0.15, -0.1) is 0 Å². The van der Waals surface area contributed by atoms with Gasteiger partial charge in [0.2, 0.25) is 0 Å². The van der Waals surface area contributed by atoms with Crippen LogP contribution >= 0.6 is 31.9 Å². The zero-order chi connectivity index (χ0) is 18.7. The molecule has 132 valence electrons. The fraction of sp³-hybridized carbons (Fsp3) is 0. The van der Waals surface area contributed by atoms with E-state index in [2.05, 4.69) is 42.4 Å². The van der Waals surface area contributed by atoms with E-state index in [0.717, 1.165) is 11.4 Å². The number of phenols is 2. The Balaban J connectivity index is 1.77. The van der Waals surface area contributed by atoms with Crippen LogP contribution in [0.1, 0.15) is 16.1 Å². The van der Waals surface area contributed by atoms with Gasteiger partial charge in [0, 0.05) is 16.4 Å². The number of aromatic hydroxyl groups is 2. The van der Waals surface area contributed by atoms with Gasteiger partial charge in [0.05, 0.1) is 21.9 Å². The SMILES string of the molecule is O=C(N/N=C\c1cccn1-c1ccc(O)cc1)c1cc(Br)cc(Br)c1O. The lowest BCUT2D eigenvalue weighted by Gasteiger charge is -2.07. The van der Waals surface area contributed by atoms with Crippen LogP contribution in [-0.4, -0.2) is 26.9 Å². The second kappa shape index (κ2) is 7.76. The minimum Gasteiger partial charge on any atom is -0.508 e. The van der Waals surface area contributed by atoms with Crippen molar-refractivity contribution in [1.82, 2.24) is 9.99 Å². The molecule has 0 atom stereocenters. The monoisotopic (exact) mass is 477 g/mol. The molecule has 0 bridgehead atoms. The first-order valence-corrected chi connectivity index (χ1v) is 9.02. The molecule has 0 radical (unpaired) electrons. The summed E-state index contributed by atoms with van der Waals surface area (Å²) in [4.78, 5) is 12.2. The first-order chi connectivity index (χ1) is 12.5. The number of phenolic OH excluding ortho intramolecular Hbond substituents is 2. The number of rotatable bonds is 4. The number of benzene rings is 2. The van der Waals surface area contributed by atoms with Gasteiger partial charge in [0.1, 0.15) is 11.5 Å². The third-order valence-electron chi connectivity index (χ3n) is 3.54. The minimum atomic E-state index is -0.538.